The van der Waals surface area contributed by atoms with E-state index in [9.17, 15) is 34.2 Å². The first-order valence-corrected chi connectivity index (χ1v) is 25.5. The molecule has 5 atom stereocenters. The second kappa shape index (κ2) is 21.3. The number of aromatic nitrogens is 4. The van der Waals surface area contributed by atoms with Gasteiger partial charge in [-0.25, -0.2) is 4.98 Å². The van der Waals surface area contributed by atoms with Crippen molar-refractivity contribution in [3.05, 3.63) is 128 Å². The standard InChI is InChI=1S/C53H59N9O8S2/c1-28-31(4)72-52-45(28)46(57-40(24-44(66)67)49-60-59-32(5)62(49)52)35-16-18-37(19-17-35)56-42(64)22-11-33-9-20-39(21-10-33)70-26-43(65)58-48(53(6,7)8)51(69)61-25-38(63)23-41(61)50(68)55-29(2)34-12-14-36(15-13-34)47-30(3)54-27-71-47/h9-10,12-21,27,29,38,40-41,48,63H,11,22-26H2,1-8H3,(H,55,68)(H,56,64)(H,58,65)(H,66,67)/t29-,38+,40-,41-,48+/m0/s1. The van der Waals surface area contributed by atoms with E-state index >= 15 is 0 Å². The number of aliphatic hydroxyl groups is 1. The van der Waals surface area contributed by atoms with Crippen LogP contribution in [-0.4, -0.2) is 102 Å². The van der Waals surface area contributed by atoms with Crippen LogP contribution in [0.3, 0.4) is 0 Å². The number of nitrogens with one attached hydrogen (secondary N) is 3. The lowest BCUT2D eigenvalue weighted by molar-refractivity contribution is -0.144. The number of ether oxygens (including phenoxy) is 1. The number of hydrogen-bond acceptors (Lipinski definition) is 13. The number of aliphatic imine (C=N–C) groups is 1. The zero-order chi connectivity index (χ0) is 51.6. The Morgan fingerprint density at radius 2 is 1.58 bits per heavy atom. The highest BCUT2D eigenvalue weighted by Gasteiger charge is 2.45. The van der Waals surface area contributed by atoms with Gasteiger partial charge in [0.25, 0.3) is 5.91 Å². The van der Waals surface area contributed by atoms with Crippen LogP contribution in [0.2, 0.25) is 0 Å². The number of anilines is 1. The molecule has 8 rings (SSSR count). The van der Waals surface area contributed by atoms with Gasteiger partial charge in [0.2, 0.25) is 17.7 Å². The molecule has 0 saturated carbocycles. The lowest BCUT2D eigenvalue weighted by atomic mass is 9.85. The van der Waals surface area contributed by atoms with Crippen molar-refractivity contribution in [2.24, 2.45) is 10.4 Å². The number of carbonyl (C=O) groups excluding carboxylic acids is 4. The molecular weight excluding hydrogens is 955 g/mol. The number of thiophene rings is 1. The molecule has 3 aromatic carbocycles. The molecule has 0 bridgehead atoms. The normalized spacial score (nSPS) is 17.2. The minimum Gasteiger partial charge on any atom is -0.484 e. The highest BCUT2D eigenvalue weighted by Crippen LogP contribution is 2.40. The summed E-state index contributed by atoms with van der Waals surface area (Å²) >= 11 is 3.15. The summed E-state index contributed by atoms with van der Waals surface area (Å²) in [5.74, 6) is -1.04. The monoisotopic (exact) mass is 1010 g/mol. The third-order valence-corrected chi connectivity index (χ3v) is 15.2. The van der Waals surface area contributed by atoms with Crippen molar-refractivity contribution in [3.8, 4) is 21.2 Å². The lowest BCUT2D eigenvalue weighted by Crippen LogP contribution is -2.58. The van der Waals surface area contributed by atoms with Crippen LogP contribution in [-0.2, 0) is 30.4 Å². The van der Waals surface area contributed by atoms with Gasteiger partial charge in [-0.15, -0.1) is 32.9 Å². The molecular formula is C53H59N9O8S2. The number of carbonyl (C=O) groups is 5. The van der Waals surface area contributed by atoms with Gasteiger partial charge in [-0.1, -0.05) is 69.3 Å². The Morgan fingerprint density at radius 1 is 0.889 bits per heavy atom. The average molecular weight is 1010 g/mol. The molecule has 0 spiro atoms. The van der Waals surface area contributed by atoms with Crippen LogP contribution in [0.25, 0.3) is 15.4 Å². The maximum absolute atomic E-state index is 14.2. The summed E-state index contributed by atoms with van der Waals surface area (Å²) in [6, 6.07) is 19.2. The number of β-amino-alcohol motifs (C(OH)–C–C–N with tert-alkyl or cyclic N) is 1. The van der Waals surface area contributed by atoms with Gasteiger partial charge in [-0.2, -0.15) is 0 Å². The molecule has 2 aliphatic rings. The molecule has 1 saturated heterocycles. The van der Waals surface area contributed by atoms with E-state index in [4.69, 9.17) is 9.73 Å². The third-order valence-electron chi connectivity index (χ3n) is 13.0. The minimum atomic E-state index is -1.02. The average Bonchev–Trinajstić information content (AvgIpc) is 4.11. The Hall–Kier alpha value is -7.09. The number of aliphatic hydroxyl groups excluding tert-OH is 1. The predicted octanol–water partition coefficient (Wildman–Crippen LogP) is 7.37. The zero-order valence-electron chi connectivity index (χ0n) is 41.5. The van der Waals surface area contributed by atoms with Crippen molar-refractivity contribution in [1.29, 1.82) is 0 Å². The van der Waals surface area contributed by atoms with Crippen LogP contribution < -0.4 is 20.7 Å². The number of aliphatic carboxylic acids is 1. The number of fused-ring (bicyclic) bond motifs is 3. The largest absolute Gasteiger partial charge is 0.484 e. The first kappa shape index (κ1) is 51.3. The first-order chi connectivity index (χ1) is 34.2. The summed E-state index contributed by atoms with van der Waals surface area (Å²) in [5.41, 5.74) is 8.76. The topological polar surface area (TPSA) is 230 Å². The molecule has 4 amide bonds. The van der Waals surface area contributed by atoms with Crippen LogP contribution in [0.5, 0.6) is 5.75 Å². The van der Waals surface area contributed by atoms with Crippen molar-refractivity contribution >= 4 is 63.7 Å². The molecule has 19 heteroatoms. The Kier molecular flexibility index (Phi) is 15.2. The molecule has 5 heterocycles. The summed E-state index contributed by atoms with van der Waals surface area (Å²) in [6.07, 6.45) is -0.452. The van der Waals surface area contributed by atoms with Gasteiger partial charge in [-0.3, -0.25) is 33.5 Å². The van der Waals surface area contributed by atoms with Gasteiger partial charge >= 0.3 is 5.97 Å². The smallest absolute Gasteiger partial charge is 0.306 e. The molecule has 376 valence electrons. The quantitative estimate of drug-likeness (QED) is 0.0643. The maximum Gasteiger partial charge on any atom is 0.306 e. The van der Waals surface area contributed by atoms with E-state index in [1.54, 1.807) is 46.9 Å². The Morgan fingerprint density at radius 3 is 2.24 bits per heavy atom. The molecule has 0 radical (unpaired) electrons. The van der Waals surface area contributed by atoms with Gasteiger partial charge in [0.05, 0.1) is 40.4 Å². The minimum absolute atomic E-state index is 0.0481. The van der Waals surface area contributed by atoms with E-state index in [2.05, 4.69) is 31.1 Å². The number of likely N-dealkylation sites (tertiary alicyclic amines) is 1. The number of carboxylic acids is 1. The third kappa shape index (κ3) is 11.3. The van der Waals surface area contributed by atoms with Crippen molar-refractivity contribution in [2.75, 3.05) is 18.5 Å². The van der Waals surface area contributed by atoms with Crippen molar-refractivity contribution in [1.82, 2.24) is 35.3 Å². The molecule has 5 N–H and O–H groups in total. The molecule has 0 unspecified atom stereocenters. The van der Waals surface area contributed by atoms with Gasteiger partial charge in [0, 0.05) is 41.1 Å². The van der Waals surface area contributed by atoms with E-state index in [0.717, 1.165) is 53.8 Å². The molecule has 6 aromatic rings. The fourth-order valence-electron chi connectivity index (χ4n) is 9.00. The van der Waals surface area contributed by atoms with Gasteiger partial charge < -0.3 is 35.8 Å². The Labute approximate surface area is 425 Å². The Balaban J connectivity index is 0.826. The highest BCUT2D eigenvalue weighted by molar-refractivity contribution is 7.15. The molecule has 1 fully saturated rings. The number of carboxylic acid groups (broad SMARTS) is 1. The van der Waals surface area contributed by atoms with Crippen molar-refractivity contribution < 1.29 is 38.9 Å². The molecule has 2 aliphatic heterocycles. The number of hydrogen-bond donors (Lipinski definition) is 5. The van der Waals surface area contributed by atoms with Gasteiger partial charge in [-0.05, 0) is 93.0 Å². The van der Waals surface area contributed by atoms with Crippen molar-refractivity contribution in [2.45, 2.75) is 111 Å². The fraction of sp³-hybridized carbons (Fsp3) is 0.377. The summed E-state index contributed by atoms with van der Waals surface area (Å²) < 4.78 is 7.71. The zero-order valence-corrected chi connectivity index (χ0v) is 43.1. The van der Waals surface area contributed by atoms with Gasteiger partial charge in [0.1, 0.15) is 34.7 Å². The fourth-order valence-corrected chi connectivity index (χ4v) is 11.0. The van der Waals surface area contributed by atoms with E-state index in [1.165, 1.54) is 4.90 Å². The molecule has 0 aliphatic carbocycles. The maximum atomic E-state index is 14.2. The number of rotatable bonds is 16. The number of benzene rings is 3. The number of nitrogens with zero attached hydrogens (tertiary/aromatic N) is 6. The van der Waals surface area contributed by atoms with Crippen LogP contribution in [0, 0.1) is 33.1 Å². The number of amides is 4. The van der Waals surface area contributed by atoms with E-state index < -0.39 is 53.3 Å². The second-order valence-corrected chi connectivity index (χ2v) is 21.5. The second-order valence-electron chi connectivity index (χ2n) is 19.4. The number of aryl methyl sites for hydroxylation is 4. The van der Waals surface area contributed by atoms with Crippen LogP contribution in [0.1, 0.15) is 109 Å². The molecule has 72 heavy (non-hydrogen) atoms. The molecule has 3 aromatic heterocycles. The van der Waals surface area contributed by atoms with Crippen LogP contribution >= 0.6 is 22.7 Å². The summed E-state index contributed by atoms with van der Waals surface area (Å²) in [4.78, 5) is 79.1. The predicted molar refractivity (Wildman–Crippen MR) is 276 cm³/mol. The SMILES string of the molecule is Cc1ncsc1-c1ccc([C@H](C)NC(=O)[C@@H]2C[C@@H](O)CN2C(=O)[C@@H](NC(=O)COc2ccc(CCC(=O)Nc3ccc(C4=N[C@@H](CC(=O)O)c5nnc(C)n5-c5sc(C)c(C)c54)cc3)cc2)C(C)(C)C)cc1. The first-order valence-electron chi connectivity index (χ1n) is 23.8. The van der Waals surface area contributed by atoms with E-state index in [1.807, 2.05) is 114 Å². The lowest BCUT2D eigenvalue weighted by Gasteiger charge is -2.35. The van der Waals surface area contributed by atoms with E-state index in [0.29, 0.717) is 35.2 Å². The molecule has 17 nitrogen and oxygen atoms in total. The highest BCUT2D eigenvalue weighted by atomic mass is 32.1. The van der Waals surface area contributed by atoms with Gasteiger partial charge in [0.15, 0.2) is 12.4 Å². The number of thiazole rings is 1. The summed E-state index contributed by atoms with van der Waals surface area (Å²) in [7, 11) is 0. The van der Waals surface area contributed by atoms with Crippen LogP contribution in [0.4, 0.5) is 5.69 Å². The Bertz CT molecular complexity index is 3030. The summed E-state index contributed by atoms with van der Waals surface area (Å²) in [6.45, 7) is 14.8. The van der Waals surface area contributed by atoms with Crippen LogP contribution in [0.15, 0.2) is 83.3 Å². The van der Waals surface area contributed by atoms with Crippen molar-refractivity contribution in [3.63, 3.8) is 0 Å². The van der Waals surface area contributed by atoms with E-state index in [-0.39, 0.29) is 44.4 Å². The summed E-state index contributed by atoms with van der Waals surface area (Å²) in [5, 5.41) is 38.7.